The lowest BCUT2D eigenvalue weighted by Gasteiger charge is -2.09. The minimum Gasteiger partial charge on any atom is -0.456 e. The lowest BCUT2D eigenvalue weighted by atomic mass is 10.1. The van der Waals surface area contributed by atoms with Crippen molar-refractivity contribution in [2.75, 3.05) is 0 Å². The third-order valence-corrected chi connectivity index (χ3v) is 26.9. The van der Waals surface area contributed by atoms with E-state index in [9.17, 15) is 0 Å². The molecule has 135 heavy (non-hydrogen) atoms. The highest BCUT2D eigenvalue weighted by molar-refractivity contribution is 6.17. The van der Waals surface area contributed by atoms with Crippen LogP contribution in [0.15, 0.2) is 429 Å². The second-order valence-corrected chi connectivity index (χ2v) is 35.2. The molecule has 0 saturated carbocycles. The molecule has 17 aromatic carbocycles. The summed E-state index contributed by atoms with van der Waals surface area (Å²) in [5.74, 6) is 0. The summed E-state index contributed by atoms with van der Waals surface area (Å²) in [6.07, 6.45) is 5.52. The Morgan fingerprint density at radius 1 is 0.170 bits per heavy atom. The van der Waals surface area contributed by atoms with Crippen LogP contribution in [0.25, 0.3) is 248 Å². The highest BCUT2D eigenvalue weighted by Gasteiger charge is 2.24. The van der Waals surface area contributed by atoms with Gasteiger partial charge in [-0.15, -0.1) is 0 Å². The summed E-state index contributed by atoms with van der Waals surface area (Å²) >= 11 is 0. The van der Waals surface area contributed by atoms with Gasteiger partial charge in [0, 0.05) is 137 Å². The van der Waals surface area contributed by atoms with Gasteiger partial charge in [0.25, 0.3) is 0 Å². The van der Waals surface area contributed by atoms with E-state index in [1.165, 1.54) is 148 Å². The lowest BCUT2D eigenvalue weighted by molar-refractivity contribution is 0.651. The van der Waals surface area contributed by atoms with Gasteiger partial charge in [-0.2, -0.15) is 0 Å². The molecule has 0 atom stereocenters. The van der Waals surface area contributed by atoms with Crippen molar-refractivity contribution in [1.82, 2.24) is 37.8 Å². The number of aromatic nitrogens is 8. The van der Waals surface area contributed by atoms with Gasteiger partial charge >= 0.3 is 0 Å². The quantitative estimate of drug-likeness (QED) is 0.167. The Kier molecular flexibility index (Phi) is 18.1. The zero-order chi connectivity index (χ0) is 89.8. The molecule has 13 heterocycles. The predicted octanol–water partition coefficient (Wildman–Crippen LogP) is 33.1. The molecule has 0 aliphatic carbocycles. The van der Waals surface area contributed by atoms with Gasteiger partial charge in [-0.25, -0.2) is 15.0 Å². The number of aryl methyl sites for hydroxylation is 5. The molecule has 0 spiro atoms. The normalized spacial score (nSPS) is 11.9. The number of fused-ring (bicyclic) bond motifs is 30. The fourth-order valence-corrected chi connectivity index (χ4v) is 21.0. The Morgan fingerprint density at radius 3 is 0.830 bits per heavy atom. The Morgan fingerprint density at radius 2 is 0.437 bits per heavy atom. The SMILES string of the molecule is Cc1cc(-n2c3ccccc3c3ccccc32)cc2c1oc1ccccc12.Cc1cc(-n2c3ccccc3c3ccccc32)cc2c1oc1ccccc12.Cc1cc(-n2c3ccccc3c3ccccc32)cc2c1oc1ncccc12.Cc1ccc2oc3ncc(-n4c5ccccc5c5ccccc54)cc3c2c1.Cc1cnc2oc3ccc(-n4c5ccccc5c5ccccc54)cc3c2c1. The third kappa shape index (κ3) is 12.7. The van der Waals surface area contributed by atoms with Crippen molar-refractivity contribution < 1.29 is 22.1 Å². The van der Waals surface area contributed by atoms with Gasteiger partial charge in [-0.3, -0.25) is 0 Å². The first kappa shape index (κ1) is 78.3. The van der Waals surface area contributed by atoms with Crippen molar-refractivity contribution in [2.24, 2.45) is 0 Å². The Balaban J connectivity index is 0.0000000878. The molecule has 0 amide bonds. The molecule has 0 N–H and O–H groups in total. The van der Waals surface area contributed by atoms with Crippen molar-refractivity contribution in [1.29, 1.82) is 0 Å². The molecular weight excluding hydrogens is 1660 g/mol. The highest BCUT2D eigenvalue weighted by Crippen LogP contribution is 2.44. The Hall–Kier alpha value is -17.8. The fourth-order valence-electron chi connectivity index (χ4n) is 21.0. The number of furan rings is 5. The molecular formula is C122H82N8O5. The Bertz CT molecular complexity index is 9050. The van der Waals surface area contributed by atoms with Crippen molar-refractivity contribution in [3.05, 3.63) is 435 Å². The number of hydrogen-bond donors (Lipinski definition) is 0. The largest absolute Gasteiger partial charge is 0.456 e. The molecule has 640 valence electrons. The topological polar surface area (TPSA) is 129 Å². The minimum absolute atomic E-state index is 0.681. The molecule has 0 aliphatic rings. The third-order valence-electron chi connectivity index (χ3n) is 26.9. The molecule has 13 nitrogen and oxygen atoms in total. The van der Waals surface area contributed by atoms with Gasteiger partial charge in [0.1, 0.15) is 39.1 Å². The lowest BCUT2D eigenvalue weighted by Crippen LogP contribution is -1.94. The average Bonchev–Trinajstić information content (AvgIpc) is 1.58. The van der Waals surface area contributed by atoms with Crippen LogP contribution in [0, 0.1) is 34.6 Å². The molecule has 13 heteroatoms. The van der Waals surface area contributed by atoms with Gasteiger partial charge in [0.05, 0.1) is 72.4 Å². The van der Waals surface area contributed by atoms with E-state index in [0.717, 1.165) is 111 Å². The molecule has 30 rings (SSSR count). The van der Waals surface area contributed by atoms with E-state index >= 15 is 0 Å². The molecule has 13 aromatic heterocycles. The van der Waals surface area contributed by atoms with Crippen LogP contribution >= 0.6 is 0 Å². The average molecular weight is 1740 g/mol. The maximum Gasteiger partial charge on any atom is 0.227 e. The summed E-state index contributed by atoms with van der Waals surface area (Å²) in [7, 11) is 0. The van der Waals surface area contributed by atoms with Crippen molar-refractivity contribution in [2.45, 2.75) is 34.6 Å². The van der Waals surface area contributed by atoms with E-state index in [1.807, 2.05) is 54.9 Å². The van der Waals surface area contributed by atoms with Crippen LogP contribution in [0.4, 0.5) is 0 Å². The van der Waals surface area contributed by atoms with Crippen molar-refractivity contribution >= 4 is 219 Å². The van der Waals surface area contributed by atoms with Crippen molar-refractivity contribution in [3.63, 3.8) is 0 Å². The first-order valence-corrected chi connectivity index (χ1v) is 45.6. The Labute approximate surface area is 771 Å². The smallest absolute Gasteiger partial charge is 0.227 e. The molecule has 0 fully saturated rings. The first-order chi connectivity index (χ1) is 66.5. The number of benzene rings is 17. The minimum atomic E-state index is 0.681. The zero-order valence-electron chi connectivity index (χ0n) is 74.3. The maximum absolute atomic E-state index is 6.12. The molecule has 0 aliphatic heterocycles. The number of rotatable bonds is 5. The first-order valence-electron chi connectivity index (χ1n) is 45.6. The summed E-state index contributed by atoms with van der Waals surface area (Å²) in [5, 5.41) is 23.8. The molecule has 30 aromatic rings. The van der Waals surface area contributed by atoms with Crippen LogP contribution in [0.1, 0.15) is 27.8 Å². The van der Waals surface area contributed by atoms with E-state index in [1.54, 1.807) is 6.20 Å². The van der Waals surface area contributed by atoms with Crippen LogP contribution in [0.3, 0.4) is 0 Å². The van der Waals surface area contributed by atoms with Crippen molar-refractivity contribution in [3.8, 4) is 28.4 Å². The van der Waals surface area contributed by atoms with Crippen LogP contribution < -0.4 is 0 Å². The summed E-state index contributed by atoms with van der Waals surface area (Å²) in [4.78, 5) is 13.4. The van der Waals surface area contributed by atoms with Gasteiger partial charge < -0.3 is 44.9 Å². The van der Waals surface area contributed by atoms with Crippen LogP contribution in [-0.2, 0) is 0 Å². The van der Waals surface area contributed by atoms with E-state index in [0.29, 0.717) is 17.1 Å². The second kappa shape index (κ2) is 31.2. The number of nitrogens with zero attached hydrogens (tertiary/aromatic N) is 8. The predicted molar refractivity (Wildman–Crippen MR) is 557 cm³/mol. The van der Waals surface area contributed by atoms with Gasteiger partial charge in [-0.1, -0.05) is 230 Å². The van der Waals surface area contributed by atoms with E-state index in [2.05, 4.69) is 418 Å². The maximum atomic E-state index is 6.12. The molecule has 0 unspecified atom stereocenters. The molecule has 0 radical (unpaired) electrons. The number of para-hydroxylation sites is 12. The van der Waals surface area contributed by atoms with Gasteiger partial charge in [0.2, 0.25) is 17.1 Å². The monoisotopic (exact) mass is 1740 g/mol. The molecule has 0 saturated heterocycles. The summed E-state index contributed by atoms with van der Waals surface area (Å²) in [6, 6.07) is 137. The van der Waals surface area contributed by atoms with E-state index in [4.69, 9.17) is 22.1 Å². The highest BCUT2D eigenvalue weighted by atomic mass is 16.4. The van der Waals surface area contributed by atoms with Crippen LogP contribution in [0.5, 0.6) is 0 Å². The summed E-state index contributed by atoms with van der Waals surface area (Å²) in [5.41, 5.74) is 32.1. The summed E-state index contributed by atoms with van der Waals surface area (Å²) in [6.45, 7) is 10.5. The van der Waals surface area contributed by atoms with E-state index < -0.39 is 0 Å². The number of pyridine rings is 3. The van der Waals surface area contributed by atoms with Crippen LogP contribution in [0.2, 0.25) is 0 Å². The second-order valence-electron chi connectivity index (χ2n) is 35.2. The van der Waals surface area contributed by atoms with Crippen LogP contribution in [-0.4, -0.2) is 37.8 Å². The van der Waals surface area contributed by atoms with E-state index in [-0.39, 0.29) is 0 Å². The fraction of sp³-hybridized carbons (Fsp3) is 0.0410. The zero-order valence-corrected chi connectivity index (χ0v) is 74.3. The molecule has 0 bridgehead atoms. The summed E-state index contributed by atoms with van der Waals surface area (Å²) < 4.78 is 41.8. The standard InChI is InChI=1S/2C25H17NO.3C24H16N2O/c2*1-16-14-17(15-21-20-10-4-7-13-24(20)27-25(16)21)26-22-11-5-2-8-18(22)19-9-3-6-12-23(19)26;1-15-13-16(14-20-19-9-6-12-25-24(19)27-23(15)20)26-21-10-4-2-7-17(21)18-8-3-5-11-22(18)26;1-15-12-20-19-13-16(10-11-23(19)27-24(20)25-14-15)26-21-8-4-2-6-17(21)18-7-3-5-9-22(18)26;1-15-10-11-23-19(12-15)20-13-16(14-25-24(20)27-23)26-21-8-4-2-6-17(21)18-7-3-5-9-22(18)26/h2*2-15H,1H3;3*2-14H,1H3. The van der Waals surface area contributed by atoms with Gasteiger partial charge in [-0.05, 0) is 221 Å². The van der Waals surface area contributed by atoms with Gasteiger partial charge in [0.15, 0.2) is 0 Å². The number of hydrogen-bond acceptors (Lipinski definition) is 8.